The molecule has 31 heavy (non-hydrogen) atoms. The lowest BCUT2D eigenvalue weighted by Crippen LogP contribution is -2.49. The van der Waals surface area contributed by atoms with Gasteiger partial charge in [0, 0.05) is 17.6 Å². The molecule has 1 N–H and O–H groups in total. The third kappa shape index (κ3) is 2.58. The fraction of sp³-hybridized carbons (Fsp3) is 0.217. The van der Waals surface area contributed by atoms with Crippen LogP contribution >= 0.6 is 23.3 Å². The number of hydrogen-bond donors (Lipinski definition) is 1. The average molecular weight is 448 g/mol. The van der Waals surface area contributed by atoms with E-state index in [9.17, 15) is 9.59 Å². The first-order chi connectivity index (χ1) is 15.2. The predicted molar refractivity (Wildman–Crippen MR) is 118 cm³/mol. The van der Waals surface area contributed by atoms with Crippen molar-refractivity contribution < 1.29 is 14.4 Å². The average Bonchev–Trinajstić information content (AvgIpc) is 3.41. The van der Waals surface area contributed by atoms with Gasteiger partial charge in [-0.15, -0.1) is 16.9 Å². The molecule has 3 aromatic rings. The third-order valence-electron chi connectivity index (χ3n) is 6.46. The van der Waals surface area contributed by atoms with Crippen LogP contribution in [0.2, 0.25) is 0 Å². The molecule has 3 atom stereocenters. The minimum atomic E-state index is -1.42. The van der Waals surface area contributed by atoms with Crippen LogP contribution in [0.4, 0.5) is 0 Å². The van der Waals surface area contributed by atoms with Gasteiger partial charge in [-0.2, -0.15) is 5.48 Å². The number of aromatic nitrogens is 2. The summed E-state index contributed by atoms with van der Waals surface area (Å²) in [6.07, 6.45) is 0.576. The number of carbonyl (C=O) groups is 2. The van der Waals surface area contributed by atoms with E-state index in [0.717, 1.165) is 33.0 Å². The molecule has 2 aromatic carbocycles. The highest BCUT2D eigenvalue weighted by Gasteiger charge is 2.67. The molecule has 6 rings (SSSR count). The van der Waals surface area contributed by atoms with E-state index in [1.807, 2.05) is 60.7 Å². The number of fused-ring (bicyclic) bond motifs is 2. The van der Waals surface area contributed by atoms with Crippen molar-refractivity contribution >= 4 is 40.7 Å². The van der Waals surface area contributed by atoms with Crippen LogP contribution in [0.5, 0.6) is 0 Å². The van der Waals surface area contributed by atoms with Crippen molar-refractivity contribution in [1.29, 1.82) is 0 Å². The van der Waals surface area contributed by atoms with Crippen LogP contribution in [0.3, 0.4) is 0 Å². The summed E-state index contributed by atoms with van der Waals surface area (Å²) in [5, 5.41) is 4.43. The molecule has 2 aliphatic heterocycles. The smallest absolute Gasteiger partial charge is 0.339 e. The molecule has 0 bridgehead atoms. The topological polar surface area (TPSA) is 81.2 Å². The molecule has 154 valence electrons. The van der Waals surface area contributed by atoms with E-state index >= 15 is 0 Å². The fourth-order valence-corrected chi connectivity index (χ4v) is 7.10. The van der Waals surface area contributed by atoms with E-state index in [2.05, 4.69) is 15.1 Å². The molecule has 1 aliphatic carbocycles. The molecule has 3 aliphatic rings. The SMILES string of the molecule is O=C1NOC(=O)C12C(c1ccccc1)CC1=C(c3nnsc3CS1)C2c1ccccc1. The molecule has 0 saturated carbocycles. The number of rotatable bonds is 2. The zero-order chi connectivity index (χ0) is 21.0. The highest BCUT2D eigenvalue weighted by molar-refractivity contribution is 8.02. The van der Waals surface area contributed by atoms with Crippen molar-refractivity contribution in [2.24, 2.45) is 5.41 Å². The van der Waals surface area contributed by atoms with E-state index in [1.165, 1.54) is 16.4 Å². The van der Waals surface area contributed by atoms with Crippen molar-refractivity contribution in [3.05, 3.63) is 87.3 Å². The summed E-state index contributed by atoms with van der Waals surface area (Å²) in [6.45, 7) is 0. The van der Waals surface area contributed by atoms with E-state index in [4.69, 9.17) is 4.84 Å². The normalized spacial score (nSPS) is 27.0. The Morgan fingerprint density at radius 3 is 2.39 bits per heavy atom. The second-order valence-electron chi connectivity index (χ2n) is 7.87. The van der Waals surface area contributed by atoms with Gasteiger partial charge in [-0.25, -0.2) is 4.79 Å². The summed E-state index contributed by atoms with van der Waals surface area (Å²) < 4.78 is 4.18. The number of hydroxylamine groups is 1. The zero-order valence-corrected chi connectivity index (χ0v) is 17.9. The molecule has 6 nitrogen and oxygen atoms in total. The Morgan fingerprint density at radius 1 is 1.00 bits per heavy atom. The first-order valence-corrected chi connectivity index (χ1v) is 11.8. The monoisotopic (exact) mass is 447 g/mol. The van der Waals surface area contributed by atoms with Crippen LogP contribution in [0.1, 0.15) is 40.0 Å². The molecule has 3 unspecified atom stereocenters. The number of hydrogen-bond acceptors (Lipinski definition) is 7. The molecule has 0 radical (unpaired) electrons. The van der Waals surface area contributed by atoms with Crippen LogP contribution in [-0.2, 0) is 20.2 Å². The van der Waals surface area contributed by atoms with Gasteiger partial charge >= 0.3 is 5.97 Å². The Kier molecular flexibility index (Phi) is 4.26. The molecule has 8 heteroatoms. The number of nitrogens with zero attached hydrogens (tertiary/aromatic N) is 2. The second-order valence-corrected chi connectivity index (χ2v) is 9.78. The van der Waals surface area contributed by atoms with Crippen LogP contribution < -0.4 is 5.48 Å². The Bertz CT molecular complexity index is 1210. The zero-order valence-electron chi connectivity index (χ0n) is 16.3. The fourth-order valence-electron chi connectivity index (χ4n) is 5.16. The van der Waals surface area contributed by atoms with Gasteiger partial charge in [-0.1, -0.05) is 65.2 Å². The largest absolute Gasteiger partial charge is 0.349 e. The molecule has 1 fully saturated rings. The van der Waals surface area contributed by atoms with Gasteiger partial charge < -0.3 is 4.84 Å². The molecule has 3 heterocycles. The van der Waals surface area contributed by atoms with Gasteiger partial charge in [0.05, 0.1) is 4.88 Å². The lowest BCUT2D eigenvalue weighted by molar-refractivity contribution is -0.151. The molecular weight excluding hydrogens is 430 g/mol. The number of benzene rings is 2. The molecule has 1 spiro atoms. The van der Waals surface area contributed by atoms with Crippen LogP contribution in [0.15, 0.2) is 65.6 Å². The number of amides is 1. The summed E-state index contributed by atoms with van der Waals surface area (Å²) in [7, 11) is 0. The van der Waals surface area contributed by atoms with Crippen molar-refractivity contribution in [2.45, 2.75) is 24.0 Å². The Labute approximate surface area is 186 Å². The van der Waals surface area contributed by atoms with E-state index in [1.54, 1.807) is 11.8 Å². The third-order valence-corrected chi connectivity index (χ3v) is 8.53. The summed E-state index contributed by atoms with van der Waals surface area (Å²) in [5.74, 6) is -1.00. The maximum absolute atomic E-state index is 13.5. The molecule has 1 saturated heterocycles. The van der Waals surface area contributed by atoms with Gasteiger partial charge in [0.15, 0.2) is 5.41 Å². The molecule has 1 aromatic heterocycles. The molecular formula is C23H17N3O3S2. The van der Waals surface area contributed by atoms with E-state index in [-0.39, 0.29) is 5.92 Å². The second kappa shape index (κ2) is 7.03. The van der Waals surface area contributed by atoms with Crippen LogP contribution in [0.25, 0.3) is 5.57 Å². The lowest BCUT2D eigenvalue weighted by Gasteiger charge is -2.45. The van der Waals surface area contributed by atoms with Gasteiger partial charge in [-0.3, -0.25) is 4.79 Å². The minimum absolute atomic E-state index is 0.353. The Balaban J connectivity index is 1.69. The Morgan fingerprint density at radius 2 is 1.71 bits per heavy atom. The Hall–Kier alpha value is -2.97. The van der Waals surface area contributed by atoms with Gasteiger partial charge in [-0.05, 0) is 39.6 Å². The highest BCUT2D eigenvalue weighted by Crippen LogP contribution is 2.64. The van der Waals surface area contributed by atoms with Gasteiger partial charge in [0.1, 0.15) is 5.69 Å². The first-order valence-electron chi connectivity index (χ1n) is 10.00. The van der Waals surface area contributed by atoms with E-state index < -0.39 is 23.2 Å². The summed E-state index contributed by atoms with van der Waals surface area (Å²) in [6, 6.07) is 19.6. The summed E-state index contributed by atoms with van der Waals surface area (Å²) >= 11 is 3.14. The van der Waals surface area contributed by atoms with Gasteiger partial charge in [0.25, 0.3) is 5.91 Å². The van der Waals surface area contributed by atoms with Crippen LogP contribution in [-0.4, -0.2) is 21.5 Å². The quantitative estimate of drug-likeness (QED) is 0.597. The minimum Gasteiger partial charge on any atom is -0.339 e. The number of carbonyl (C=O) groups excluding carboxylic acids is 2. The van der Waals surface area contributed by atoms with E-state index in [0.29, 0.717) is 6.42 Å². The van der Waals surface area contributed by atoms with Crippen molar-refractivity contribution in [2.75, 3.05) is 0 Å². The van der Waals surface area contributed by atoms with Crippen molar-refractivity contribution in [1.82, 2.24) is 15.1 Å². The maximum Gasteiger partial charge on any atom is 0.349 e. The van der Waals surface area contributed by atoms with Crippen LogP contribution in [0, 0.1) is 5.41 Å². The lowest BCUT2D eigenvalue weighted by atomic mass is 9.55. The van der Waals surface area contributed by atoms with Crippen molar-refractivity contribution in [3.63, 3.8) is 0 Å². The number of allylic oxidation sites excluding steroid dienone is 2. The standard InChI is InChI=1S/C23H17N3O3S2/c27-21-23(22(28)29-25-21)15(13-7-3-1-4-8-13)11-16-18(19(23)14-9-5-2-6-10-14)20-17(12-30-16)31-26-24-20/h1-10,15,19H,11-12H2,(H,25,27). The summed E-state index contributed by atoms with van der Waals surface area (Å²) in [5.41, 5.74) is 4.57. The highest BCUT2D eigenvalue weighted by atomic mass is 32.2. The van der Waals surface area contributed by atoms with Crippen molar-refractivity contribution in [3.8, 4) is 0 Å². The van der Waals surface area contributed by atoms with Gasteiger partial charge in [0.2, 0.25) is 0 Å². The summed E-state index contributed by atoms with van der Waals surface area (Å²) in [4.78, 5) is 34.5. The number of thioether (sulfide) groups is 1. The molecule has 1 amide bonds. The predicted octanol–water partition coefficient (Wildman–Crippen LogP) is 4.04. The number of nitrogens with one attached hydrogen (secondary N) is 1. The first kappa shape index (κ1) is 18.8. The maximum atomic E-state index is 13.5.